The van der Waals surface area contributed by atoms with Crippen LogP contribution in [0.4, 0.5) is 0 Å². The van der Waals surface area contributed by atoms with Gasteiger partial charge in [-0.15, -0.1) is 0 Å². The van der Waals surface area contributed by atoms with Crippen LogP contribution in [0.15, 0.2) is 34.9 Å². The predicted molar refractivity (Wildman–Crippen MR) is 84.9 cm³/mol. The van der Waals surface area contributed by atoms with Crippen molar-refractivity contribution in [3.05, 3.63) is 47.6 Å². The Kier molecular flexibility index (Phi) is 4.93. The first-order valence-electron chi connectivity index (χ1n) is 7.57. The summed E-state index contributed by atoms with van der Waals surface area (Å²) >= 11 is 1.95. The van der Waals surface area contributed by atoms with Gasteiger partial charge in [0.15, 0.2) is 5.82 Å². The second-order valence-electron chi connectivity index (χ2n) is 5.51. The molecule has 0 radical (unpaired) electrons. The maximum Gasteiger partial charge on any atom is 0.248 e. The summed E-state index contributed by atoms with van der Waals surface area (Å²) in [5.74, 6) is 2.07. The molecular formula is C16H21N3OS. The number of nitrogens with zero attached hydrogens (tertiary/aromatic N) is 2. The highest BCUT2D eigenvalue weighted by atomic mass is 32.2. The number of hydrogen-bond donors (Lipinski definition) is 1. The third-order valence-electron chi connectivity index (χ3n) is 3.91. The maximum atomic E-state index is 6.17. The topological polar surface area (TPSA) is 64.9 Å². The van der Waals surface area contributed by atoms with Gasteiger partial charge in [-0.2, -0.15) is 16.7 Å². The number of hydrogen-bond acceptors (Lipinski definition) is 5. The van der Waals surface area contributed by atoms with Gasteiger partial charge in [0.2, 0.25) is 5.89 Å². The second kappa shape index (κ2) is 7.09. The van der Waals surface area contributed by atoms with Crippen LogP contribution in [0.1, 0.15) is 55.4 Å². The van der Waals surface area contributed by atoms with E-state index in [0.717, 1.165) is 22.4 Å². The number of benzene rings is 1. The molecule has 4 nitrogen and oxygen atoms in total. The van der Waals surface area contributed by atoms with Crippen molar-refractivity contribution in [3.63, 3.8) is 0 Å². The van der Waals surface area contributed by atoms with Crippen LogP contribution in [0.5, 0.6) is 0 Å². The van der Waals surface area contributed by atoms with Gasteiger partial charge in [-0.25, -0.2) is 0 Å². The highest BCUT2D eigenvalue weighted by molar-refractivity contribution is 7.99. The highest BCUT2D eigenvalue weighted by Crippen LogP contribution is 2.30. The molecule has 0 unspecified atom stereocenters. The number of rotatable bonds is 5. The quantitative estimate of drug-likeness (QED) is 0.912. The minimum atomic E-state index is -0.341. The molecule has 1 fully saturated rings. The van der Waals surface area contributed by atoms with Gasteiger partial charge in [-0.05, 0) is 18.4 Å². The van der Waals surface area contributed by atoms with Crippen molar-refractivity contribution in [3.8, 4) is 0 Å². The average molecular weight is 303 g/mol. The fourth-order valence-corrected chi connectivity index (χ4v) is 3.85. The molecule has 0 aliphatic heterocycles. The summed E-state index contributed by atoms with van der Waals surface area (Å²) < 4.78 is 5.32. The molecule has 1 aromatic carbocycles. The van der Waals surface area contributed by atoms with E-state index in [9.17, 15) is 0 Å². The van der Waals surface area contributed by atoms with Gasteiger partial charge >= 0.3 is 0 Å². The summed E-state index contributed by atoms with van der Waals surface area (Å²) in [6.45, 7) is 0. The first-order valence-corrected chi connectivity index (χ1v) is 8.62. The number of thioether (sulfide) groups is 1. The first kappa shape index (κ1) is 14.6. The normalized spacial score (nSPS) is 17.8. The zero-order valence-corrected chi connectivity index (χ0v) is 12.9. The van der Waals surface area contributed by atoms with E-state index in [1.54, 1.807) is 0 Å². The van der Waals surface area contributed by atoms with Crippen LogP contribution in [0.25, 0.3) is 0 Å². The van der Waals surface area contributed by atoms with E-state index < -0.39 is 0 Å². The Morgan fingerprint density at radius 3 is 2.71 bits per heavy atom. The largest absolute Gasteiger partial charge is 0.337 e. The molecule has 1 saturated carbocycles. The van der Waals surface area contributed by atoms with Crippen molar-refractivity contribution in [1.82, 2.24) is 10.1 Å². The molecule has 0 saturated heterocycles. The molecule has 1 aliphatic rings. The van der Waals surface area contributed by atoms with E-state index >= 15 is 0 Å². The molecule has 3 rings (SSSR count). The summed E-state index contributed by atoms with van der Waals surface area (Å²) in [6, 6.07) is 9.51. The molecule has 1 aromatic heterocycles. The maximum absolute atomic E-state index is 6.17. The van der Waals surface area contributed by atoms with Crippen molar-refractivity contribution >= 4 is 11.8 Å². The highest BCUT2D eigenvalue weighted by Gasteiger charge is 2.18. The van der Waals surface area contributed by atoms with Gasteiger partial charge in [0.25, 0.3) is 0 Å². The lowest BCUT2D eigenvalue weighted by Gasteiger charge is -2.19. The fraction of sp³-hybridized carbons (Fsp3) is 0.500. The molecule has 5 heteroatoms. The van der Waals surface area contributed by atoms with Crippen LogP contribution in [-0.2, 0) is 5.75 Å². The predicted octanol–water partition coefficient (Wildman–Crippen LogP) is 3.68. The van der Waals surface area contributed by atoms with Crippen LogP contribution >= 0.6 is 11.8 Å². The monoisotopic (exact) mass is 303 g/mol. The lowest BCUT2D eigenvalue weighted by molar-refractivity contribution is 0.363. The molecule has 1 atom stereocenters. The standard InChI is InChI=1S/C16H21N3OS/c17-15(12-7-3-1-4-8-12)16-18-14(19-20-16)11-21-13-9-5-2-6-10-13/h1,3-4,7-8,13,15H,2,5-6,9-11,17H2/t15-/m1/s1. The van der Waals surface area contributed by atoms with E-state index in [1.807, 2.05) is 42.1 Å². The zero-order chi connectivity index (χ0) is 14.5. The molecule has 1 aliphatic carbocycles. The summed E-state index contributed by atoms with van der Waals surface area (Å²) in [7, 11) is 0. The fourth-order valence-electron chi connectivity index (χ4n) is 2.68. The van der Waals surface area contributed by atoms with Crippen molar-refractivity contribution in [2.45, 2.75) is 49.1 Å². The van der Waals surface area contributed by atoms with E-state index in [0.29, 0.717) is 5.89 Å². The molecule has 0 spiro atoms. The Morgan fingerprint density at radius 1 is 1.19 bits per heavy atom. The minimum Gasteiger partial charge on any atom is -0.337 e. The molecule has 2 aromatic rings. The Bertz CT molecular complexity index is 552. The zero-order valence-electron chi connectivity index (χ0n) is 12.1. The Morgan fingerprint density at radius 2 is 1.95 bits per heavy atom. The molecule has 0 bridgehead atoms. The Hall–Kier alpha value is -1.33. The molecule has 2 N–H and O–H groups in total. The van der Waals surface area contributed by atoms with Crippen LogP contribution in [0.2, 0.25) is 0 Å². The van der Waals surface area contributed by atoms with Crippen LogP contribution in [0.3, 0.4) is 0 Å². The van der Waals surface area contributed by atoms with E-state index in [2.05, 4.69) is 10.1 Å². The Balaban J connectivity index is 1.58. The van der Waals surface area contributed by atoms with Gasteiger partial charge in [0.05, 0.1) is 5.75 Å². The molecule has 0 amide bonds. The van der Waals surface area contributed by atoms with Gasteiger partial charge in [-0.3, -0.25) is 0 Å². The lowest BCUT2D eigenvalue weighted by atomic mass is 10.0. The van der Waals surface area contributed by atoms with E-state index in [4.69, 9.17) is 10.3 Å². The van der Waals surface area contributed by atoms with Gasteiger partial charge in [0.1, 0.15) is 6.04 Å². The summed E-state index contributed by atoms with van der Waals surface area (Å²) in [5, 5.41) is 4.81. The third-order valence-corrected chi connectivity index (χ3v) is 5.28. The van der Waals surface area contributed by atoms with Gasteiger partial charge in [0, 0.05) is 5.25 Å². The number of aromatic nitrogens is 2. The second-order valence-corrected chi connectivity index (χ2v) is 6.80. The minimum absolute atomic E-state index is 0.341. The van der Waals surface area contributed by atoms with Crippen LogP contribution in [-0.4, -0.2) is 15.4 Å². The van der Waals surface area contributed by atoms with Crippen molar-refractivity contribution < 1.29 is 4.52 Å². The summed E-state index contributed by atoms with van der Waals surface area (Å²) in [5.41, 5.74) is 7.16. The van der Waals surface area contributed by atoms with E-state index in [-0.39, 0.29) is 6.04 Å². The van der Waals surface area contributed by atoms with Crippen LogP contribution in [0, 0.1) is 0 Å². The van der Waals surface area contributed by atoms with Crippen molar-refractivity contribution in [1.29, 1.82) is 0 Å². The SMILES string of the molecule is N[C@H](c1ccccc1)c1nc(CSC2CCCCC2)no1. The molecule has 1 heterocycles. The molecular weight excluding hydrogens is 282 g/mol. The molecule has 21 heavy (non-hydrogen) atoms. The third kappa shape index (κ3) is 3.86. The van der Waals surface area contributed by atoms with Gasteiger partial charge < -0.3 is 10.3 Å². The van der Waals surface area contributed by atoms with E-state index in [1.165, 1.54) is 32.1 Å². The average Bonchev–Trinajstić information content (AvgIpc) is 3.03. The smallest absolute Gasteiger partial charge is 0.248 e. The Labute approximate surface area is 129 Å². The van der Waals surface area contributed by atoms with Crippen molar-refractivity contribution in [2.24, 2.45) is 5.73 Å². The molecule has 112 valence electrons. The van der Waals surface area contributed by atoms with Gasteiger partial charge in [-0.1, -0.05) is 54.8 Å². The lowest BCUT2D eigenvalue weighted by Crippen LogP contribution is -2.12. The van der Waals surface area contributed by atoms with Crippen molar-refractivity contribution in [2.75, 3.05) is 0 Å². The summed E-state index contributed by atoms with van der Waals surface area (Å²) in [4.78, 5) is 4.45. The number of nitrogens with two attached hydrogens (primary N) is 1. The van der Waals surface area contributed by atoms with Crippen LogP contribution < -0.4 is 5.73 Å². The summed E-state index contributed by atoms with van der Waals surface area (Å²) in [6.07, 6.45) is 6.73. The first-order chi connectivity index (χ1) is 10.3.